The number of hydrogen-bond acceptors (Lipinski definition) is 3. The standard InChI is InChI=1S/C13H18N2O3/c1-7-5-6-10(9(3)8(7)2)15-12(16)11(14-4)13(17)18/h5-6,11,14H,1-4H3,(H,15,16)(H,17,18). The third-order valence-corrected chi connectivity index (χ3v) is 3.11. The van der Waals surface area contributed by atoms with Gasteiger partial charge in [-0.15, -0.1) is 0 Å². The number of carbonyl (C=O) groups excluding carboxylic acids is 1. The fourth-order valence-electron chi connectivity index (χ4n) is 1.66. The minimum absolute atomic E-state index is 0.573. The van der Waals surface area contributed by atoms with Gasteiger partial charge in [-0.05, 0) is 50.6 Å². The molecule has 0 radical (unpaired) electrons. The molecule has 1 amide bonds. The van der Waals surface area contributed by atoms with Gasteiger partial charge in [0.05, 0.1) is 0 Å². The van der Waals surface area contributed by atoms with Gasteiger partial charge in [-0.25, -0.2) is 4.79 Å². The molecule has 18 heavy (non-hydrogen) atoms. The van der Waals surface area contributed by atoms with E-state index in [1.807, 2.05) is 26.8 Å². The molecule has 0 fully saturated rings. The summed E-state index contributed by atoms with van der Waals surface area (Å²) in [6.07, 6.45) is 0. The number of carboxylic acid groups (broad SMARTS) is 1. The van der Waals surface area contributed by atoms with Gasteiger partial charge in [0.15, 0.2) is 6.04 Å². The Morgan fingerprint density at radius 2 is 1.78 bits per heavy atom. The summed E-state index contributed by atoms with van der Waals surface area (Å²) in [6.45, 7) is 5.85. The summed E-state index contributed by atoms with van der Waals surface area (Å²) >= 11 is 0. The summed E-state index contributed by atoms with van der Waals surface area (Å²) in [6, 6.07) is 2.43. The minimum atomic E-state index is -1.24. The zero-order chi connectivity index (χ0) is 13.9. The van der Waals surface area contributed by atoms with E-state index in [4.69, 9.17) is 5.11 Å². The van der Waals surface area contributed by atoms with E-state index in [2.05, 4.69) is 10.6 Å². The van der Waals surface area contributed by atoms with Crippen LogP contribution in [0.15, 0.2) is 12.1 Å². The van der Waals surface area contributed by atoms with Crippen molar-refractivity contribution in [2.75, 3.05) is 12.4 Å². The maximum absolute atomic E-state index is 11.8. The topological polar surface area (TPSA) is 78.4 Å². The predicted molar refractivity (Wildman–Crippen MR) is 69.8 cm³/mol. The third-order valence-electron chi connectivity index (χ3n) is 3.11. The molecule has 0 saturated carbocycles. The largest absolute Gasteiger partial charge is 0.480 e. The molecule has 1 aromatic carbocycles. The summed E-state index contributed by atoms with van der Waals surface area (Å²) in [5.41, 5.74) is 3.81. The van der Waals surface area contributed by atoms with Crippen LogP contribution >= 0.6 is 0 Å². The van der Waals surface area contributed by atoms with Crippen molar-refractivity contribution in [3.05, 3.63) is 28.8 Å². The van der Waals surface area contributed by atoms with E-state index in [1.54, 1.807) is 6.07 Å². The first-order valence-electron chi connectivity index (χ1n) is 5.66. The first-order chi connectivity index (χ1) is 8.38. The Kier molecular flexibility index (Phi) is 4.44. The lowest BCUT2D eigenvalue weighted by Crippen LogP contribution is -2.44. The van der Waals surface area contributed by atoms with Gasteiger partial charge in [-0.3, -0.25) is 10.1 Å². The SMILES string of the molecule is CNC(C(=O)O)C(=O)Nc1ccc(C)c(C)c1C. The van der Waals surface area contributed by atoms with Gasteiger partial charge in [0.25, 0.3) is 5.91 Å². The van der Waals surface area contributed by atoms with Crippen LogP contribution in [0, 0.1) is 20.8 Å². The van der Waals surface area contributed by atoms with E-state index in [0.29, 0.717) is 5.69 Å². The summed E-state index contributed by atoms with van der Waals surface area (Å²) < 4.78 is 0. The molecule has 0 aliphatic carbocycles. The molecule has 1 rings (SSSR count). The second-order valence-electron chi connectivity index (χ2n) is 4.23. The summed E-state index contributed by atoms with van der Waals surface area (Å²) in [5.74, 6) is -1.77. The lowest BCUT2D eigenvalue weighted by atomic mass is 10.0. The monoisotopic (exact) mass is 250 g/mol. The van der Waals surface area contributed by atoms with E-state index >= 15 is 0 Å². The first kappa shape index (κ1) is 14.2. The van der Waals surface area contributed by atoms with Gasteiger partial charge in [0, 0.05) is 5.69 Å². The van der Waals surface area contributed by atoms with E-state index in [1.165, 1.54) is 7.05 Å². The molecule has 1 aromatic rings. The maximum atomic E-state index is 11.8. The Balaban J connectivity index is 2.95. The van der Waals surface area contributed by atoms with Crippen LogP contribution in [0.25, 0.3) is 0 Å². The highest BCUT2D eigenvalue weighted by atomic mass is 16.4. The number of carbonyl (C=O) groups is 2. The molecule has 98 valence electrons. The Labute approximate surface area is 106 Å². The zero-order valence-corrected chi connectivity index (χ0v) is 11.0. The fourth-order valence-corrected chi connectivity index (χ4v) is 1.66. The molecule has 0 aliphatic heterocycles. The third kappa shape index (κ3) is 2.87. The number of rotatable bonds is 4. The van der Waals surface area contributed by atoms with Gasteiger partial charge in [-0.1, -0.05) is 6.07 Å². The zero-order valence-electron chi connectivity index (χ0n) is 11.0. The lowest BCUT2D eigenvalue weighted by molar-refractivity contribution is -0.142. The molecule has 0 spiro atoms. The van der Waals surface area contributed by atoms with Crippen LogP contribution < -0.4 is 10.6 Å². The highest BCUT2D eigenvalue weighted by Crippen LogP contribution is 2.21. The number of aryl methyl sites for hydroxylation is 1. The van der Waals surface area contributed by atoms with Crippen molar-refractivity contribution in [2.24, 2.45) is 0 Å². The smallest absolute Gasteiger partial charge is 0.330 e. The highest BCUT2D eigenvalue weighted by molar-refractivity contribution is 6.08. The molecule has 0 aliphatic rings. The molecular weight excluding hydrogens is 232 g/mol. The quantitative estimate of drug-likeness (QED) is 0.702. The van der Waals surface area contributed by atoms with Crippen molar-refractivity contribution in [3.63, 3.8) is 0 Å². The van der Waals surface area contributed by atoms with Crippen LogP contribution in [0.4, 0.5) is 5.69 Å². The van der Waals surface area contributed by atoms with Gasteiger partial charge in [-0.2, -0.15) is 0 Å². The average Bonchev–Trinajstić information content (AvgIpc) is 2.30. The van der Waals surface area contributed by atoms with E-state index in [9.17, 15) is 9.59 Å². The molecule has 1 unspecified atom stereocenters. The first-order valence-corrected chi connectivity index (χ1v) is 5.66. The summed E-state index contributed by atoms with van der Waals surface area (Å²) in [4.78, 5) is 22.6. The Morgan fingerprint density at radius 3 is 2.28 bits per heavy atom. The molecular formula is C13H18N2O3. The fraction of sp³-hybridized carbons (Fsp3) is 0.385. The maximum Gasteiger partial charge on any atom is 0.330 e. The number of aliphatic carboxylic acids is 1. The second-order valence-corrected chi connectivity index (χ2v) is 4.23. The second kappa shape index (κ2) is 5.64. The highest BCUT2D eigenvalue weighted by Gasteiger charge is 2.24. The molecule has 0 bridgehead atoms. The molecule has 5 nitrogen and oxygen atoms in total. The lowest BCUT2D eigenvalue weighted by Gasteiger charge is -2.15. The molecule has 5 heteroatoms. The normalized spacial score (nSPS) is 12.0. The van der Waals surface area contributed by atoms with Crippen molar-refractivity contribution in [3.8, 4) is 0 Å². The number of carboxylic acids is 1. The number of anilines is 1. The number of hydrogen-bond donors (Lipinski definition) is 3. The predicted octanol–water partition coefficient (Wildman–Crippen LogP) is 1.22. The molecule has 0 aromatic heterocycles. The van der Waals surface area contributed by atoms with Crippen molar-refractivity contribution >= 4 is 17.6 Å². The van der Waals surface area contributed by atoms with Crippen LogP contribution in [0.5, 0.6) is 0 Å². The molecule has 0 saturated heterocycles. The summed E-state index contributed by atoms with van der Waals surface area (Å²) in [5, 5.41) is 14.0. The van der Waals surface area contributed by atoms with Gasteiger partial charge in [0.1, 0.15) is 0 Å². The Hall–Kier alpha value is -1.88. The van der Waals surface area contributed by atoms with E-state index in [0.717, 1.165) is 16.7 Å². The number of nitrogens with one attached hydrogen (secondary N) is 2. The van der Waals surface area contributed by atoms with Crippen LogP contribution in [-0.2, 0) is 9.59 Å². The van der Waals surface area contributed by atoms with Crippen molar-refractivity contribution in [1.82, 2.24) is 5.32 Å². The van der Waals surface area contributed by atoms with Crippen molar-refractivity contribution in [2.45, 2.75) is 26.8 Å². The van der Waals surface area contributed by atoms with Crippen LogP contribution in [0.3, 0.4) is 0 Å². The molecule has 0 heterocycles. The molecule has 1 atom stereocenters. The number of benzene rings is 1. The van der Waals surface area contributed by atoms with Crippen LogP contribution in [0.2, 0.25) is 0 Å². The van der Waals surface area contributed by atoms with Crippen molar-refractivity contribution in [1.29, 1.82) is 0 Å². The molecule has 3 N–H and O–H groups in total. The van der Waals surface area contributed by atoms with E-state index in [-0.39, 0.29) is 0 Å². The average molecular weight is 250 g/mol. The summed E-state index contributed by atoms with van der Waals surface area (Å²) in [7, 11) is 1.44. The Bertz CT molecular complexity index is 483. The van der Waals surface area contributed by atoms with Crippen LogP contribution in [0.1, 0.15) is 16.7 Å². The van der Waals surface area contributed by atoms with Gasteiger partial charge >= 0.3 is 5.97 Å². The van der Waals surface area contributed by atoms with Gasteiger partial charge < -0.3 is 10.4 Å². The number of amides is 1. The minimum Gasteiger partial charge on any atom is -0.480 e. The van der Waals surface area contributed by atoms with Crippen LogP contribution in [-0.4, -0.2) is 30.1 Å². The number of likely N-dealkylation sites (N-methyl/N-ethyl adjacent to an activating group) is 1. The Morgan fingerprint density at radius 1 is 1.17 bits per heavy atom. The van der Waals surface area contributed by atoms with E-state index < -0.39 is 17.9 Å². The van der Waals surface area contributed by atoms with Crippen molar-refractivity contribution < 1.29 is 14.7 Å². The van der Waals surface area contributed by atoms with Gasteiger partial charge in [0.2, 0.25) is 0 Å².